The lowest BCUT2D eigenvalue weighted by Crippen LogP contribution is -2.12. The molecule has 2 aromatic carbocycles. The Bertz CT molecular complexity index is 1140. The number of rotatable bonds is 5. The van der Waals surface area contributed by atoms with E-state index in [2.05, 4.69) is 20.3 Å². The van der Waals surface area contributed by atoms with E-state index in [1.807, 2.05) is 0 Å². The van der Waals surface area contributed by atoms with Gasteiger partial charge in [-0.15, -0.1) is 5.10 Å². The minimum atomic E-state index is -3.39. The molecule has 0 saturated heterocycles. The van der Waals surface area contributed by atoms with E-state index in [1.54, 1.807) is 12.1 Å². The molecule has 9 nitrogen and oxygen atoms in total. The molecule has 0 aliphatic carbocycles. The summed E-state index contributed by atoms with van der Waals surface area (Å²) < 4.78 is 33.3. The number of nitrogens with zero attached hydrogens (tertiary/aromatic N) is 2. The first-order valence-corrected chi connectivity index (χ1v) is 9.81. The lowest BCUT2D eigenvalue weighted by Gasteiger charge is -2.02. The largest absolute Gasteiger partial charge is 0.465 e. The van der Waals surface area contributed by atoms with Crippen LogP contribution in [-0.4, -0.2) is 43.9 Å². The summed E-state index contributed by atoms with van der Waals surface area (Å²) in [5.74, 6) is -0.969. The van der Waals surface area contributed by atoms with Gasteiger partial charge in [-0.3, -0.25) is 10.1 Å². The molecule has 144 valence electrons. The second kappa shape index (κ2) is 7.61. The first-order valence-electron chi connectivity index (χ1n) is 7.91. The highest BCUT2D eigenvalue weighted by Crippen LogP contribution is 2.23. The van der Waals surface area contributed by atoms with Crippen molar-refractivity contribution in [3.63, 3.8) is 0 Å². The van der Waals surface area contributed by atoms with Gasteiger partial charge < -0.3 is 9.15 Å². The summed E-state index contributed by atoms with van der Waals surface area (Å²) in [6, 6.07) is 11.7. The number of amides is 1. The molecule has 0 atom stereocenters. The Labute approximate surface area is 160 Å². The molecule has 1 heterocycles. The lowest BCUT2D eigenvalue weighted by atomic mass is 10.1. The number of benzene rings is 2. The predicted octanol–water partition coefficient (Wildman–Crippen LogP) is 2.18. The fourth-order valence-electron chi connectivity index (χ4n) is 2.29. The molecule has 0 saturated carbocycles. The van der Waals surface area contributed by atoms with Crippen LogP contribution in [0.4, 0.5) is 6.01 Å². The minimum Gasteiger partial charge on any atom is -0.465 e. The van der Waals surface area contributed by atoms with E-state index >= 15 is 0 Å². The number of carbonyl (C=O) groups is 2. The molecule has 1 amide bonds. The molecule has 0 radical (unpaired) electrons. The highest BCUT2D eigenvalue weighted by atomic mass is 32.2. The monoisotopic (exact) mass is 401 g/mol. The molecule has 1 N–H and O–H groups in total. The molecular formula is C18H15N3O6S. The zero-order chi connectivity index (χ0) is 20.3. The third-order valence-electron chi connectivity index (χ3n) is 3.72. The van der Waals surface area contributed by atoms with Crippen LogP contribution in [0.3, 0.4) is 0 Å². The van der Waals surface area contributed by atoms with E-state index < -0.39 is 21.7 Å². The number of esters is 1. The summed E-state index contributed by atoms with van der Waals surface area (Å²) in [4.78, 5) is 23.8. The van der Waals surface area contributed by atoms with Gasteiger partial charge in [0.25, 0.3) is 5.91 Å². The van der Waals surface area contributed by atoms with Gasteiger partial charge in [0.05, 0.1) is 17.6 Å². The molecule has 0 unspecified atom stereocenters. The normalized spacial score (nSPS) is 11.1. The maximum atomic E-state index is 12.3. The number of methoxy groups -OCH3 is 1. The van der Waals surface area contributed by atoms with Crippen LogP contribution < -0.4 is 5.32 Å². The molecule has 0 aliphatic heterocycles. The summed E-state index contributed by atoms with van der Waals surface area (Å²) in [6.07, 6.45) is 1.09. The zero-order valence-corrected chi connectivity index (χ0v) is 15.7. The first kappa shape index (κ1) is 19.2. The van der Waals surface area contributed by atoms with Crippen LogP contribution in [0.5, 0.6) is 0 Å². The molecule has 1 aromatic heterocycles. The van der Waals surface area contributed by atoms with Gasteiger partial charge in [-0.2, -0.15) is 0 Å². The highest BCUT2D eigenvalue weighted by molar-refractivity contribution is 7.90. The SMILES string of the molecule is COC(=O)c1ccc(C(=O)Nc2nnc(-c3cccc(S(C)(=O)=O)c3)o2)cc1. The number of hydrogen-bond acceptors (Lipinski definition) is 8. The van der Waals surface area contributed by atoms with Crippen molar-refractivity contribution in [2.75, 3.05) is 18.7 Å². The van der Waals surface area contributed by atoms with Gasteiger partial charge in [0, 0.05) is 17.4 Å². The van der Waals surface area contributed by atoms with E-state index in [9.17, 15) is 18.0 Å². The zero-order valence-electron chi connectivity index (χ0n) is 14.9. The van der Waals surface area contributed by atoms with Crippen molar-refractivity contribution in [1.82, 2.24) is 10.2 Å². The third kappa shape index (κ3) is 4.23. The summed E-state index contributed by atoms with van der Waals surface area (Å²) >= 11 is 0. The van der Waals surface area contributed by atoms with Crippen LogP contribution >= 0.6 is 0 Å². The summed E-state index contributed by atoms with van der Waals surface area (Å²) in [5.41, 5.74) is 0.981. The molecule has 0 bridgehead atoms. The Morgan fingerprint density at radius 2 is 1.71 bits per heavy atom. The average Bonchev–Trinajstić information content (AvgIpc) is 3.15. The standard InChI is InChI=1S/C18H15N3O6S/c1-26-17(23)12-8-6-11(7-9-12)15(22)19-18-21-20-16(27-18)13-4-3-5-14(10-13)28(2,24)25/h3-10H,1-2H3,(H,19,21,22). The van der Waals surface area contributed by atoms with E-state index in [1.165, 1.54) is 43.5 Å². The van der Waals surface area contributed by atoms with Crippen molar-refractivity contribution in [2.45, 2.75) is 4.90 Å². The molecule has 3 aromatic rings. The van der Waals surface area contributed by atoms with Crippen molar-refractivity contribution in [1.29, 1.82) is 0 Å². The molecule has 0 fully saturated rings. The number of nitrogens with one attached hydrogen (secondary N) is 1. The number of sulfone groups is 1. The van der Waals surface area contributed by atoms with Crippen molar-refractivity contribution in [3.05, 3.63) is 59.7 Å². The van der Waals surface area contributed by atoms with E-state index in [-0.39, 0.29) is 22.4 Å². The summed E-state index contributed by atoms with van der Waals surface area (Å²) in [7, 11) is -2.12. The van der Waals surface area contributed by atoms with Crippen molar-refractivity contribution in [2.24, 2.45) is 0 Å². The van der Waals surface area contributed by atoms with Crippen molar-refractivity contribution >= 4 is 27.7 Å². The van der Waals surface area contributed by atoms with E-state index in [0.29, 0.717) is 11.1 Å². The smallest absolute Gasteiger partial charge is 0.337 e. The van der Waals surface area contributed by atoms with Crippen LogP contribution in [-0.2, 0) is 14.6 Å². The Morgan fingerprint density at radius 3 is 2.36 bits per heavy atom. The molecule has 0 spiro atoms. The Balaban J connectivity index is 1.76. The van der Waals surface area contributed by atoms with Crippen molar-refractivity contribution in [3.8, 4) is 11.5 Å². The summed E-state index contributed by atoms with van der Waals surface area (Å²) in [6.45, 7) is 0. The van der Waals surface area contributed by atoms with Gasteiger partial charge in [-0.1, -0.05) is 11.2 Å². The Hall–Kier alpha value is -3.53. The molecule has 10 heteroatoms. The number of aromatic nitrogens is 2. The van der Waals surface area contributed by atoms with E-state index in [0.717, 1.165) is 6.26 Å². The maximum Gasteiger partial charge on any atom is 0.337 e. The topological polar surface area (TPSA) is 128 Å². The molecule has 3 rings (SSSR count). The van der Waals surface area contributed by atoms with Crippen LogP contribution in [0.2, 0.25) is 0 Å². The minimum absolute atomic E-state index is 0.0573. The van der Waals surface area contributed by atoms with Crippen LogP contribution in [0, 0.1) is 0 Å². The number of ether oxygens (including phenoxy) is 1. The Morgan fingerprint density at radius 1 is 1.04 bits per heavy atom. The molecular weight excluding hydrogens is 386 g/mol. The average molecular weight is 401 g/mol. The Kier molecular flexibility index (Phi) is 5.23. The maximum absolute atomic E-state index is 12.3. The predicted molar refractivity (Wildman–Crippen MR) is 98.6 cm³/mol. The number of hydrogen-bond donors (Lipinski definition) is 1. The molecule has 0 aliphatic rings. The fraction of sp³-hybridized carbons (Fsp3) is 0.111. The molecule has 28 heavy (non-hydrogen) atoms. The lowest BCUT2D eigenvalue weighted by molar-refractivity contribution is 0.0600. The van der Waals surface area contributed by atoms with Gasteiger partial charge in [0.2, 0.25) is 5.89 Å². The van der Waals surface area contributed by atoms with E-state index in [4.69, 9.17) is 4.42 Å². The van der Waals surface area contributed by atoms with Gasteiger partial charge in [0.1, 0.15) is 0 Å². The third-order valence-corrected chi connectivity index (χ3v) is 4.83. The van der Waals surface area contributed by atoms with Gasteiger partial charge in [-0.05, 0) is 42.5 Å². The summed E-state index contributed by atoms with van der Waals surface area (Å²) in [5, 5.41) is 10.00. The van der Waals surface area contributed by atoms with Crippen LogP contribution in [0.1, 0.15) is 20.7 Å². The quantitative estimate of drug-likeness (QED) is 0.644. The van der Waals surface area contributed by atoms with Gasteiger partial charge in [0.15, 0.2) is 9.84 Å². The van der Waals surface area contributed by atoms with Crippen LogP contribution in [0.15, 0.2) is 57.8 Å². The van der Waals surface area contributed by atoms with Gasteiger partial charge in [-0.25, -0.2) is 13.2 Å². The van der Waals surface area contributed by atoms with Crippen LogP contribution in [0.25, 0.3) is 11.5 Å². The number of carbonyl (C=O) groups excluding carboxylic acids is 2. The van der Waals surface area contributed by atoms with Gasteiger partial charge >= 0.3 is 12.0 Å². The van der Waals surface area contributed by atoms with Crippen molar-refractivity contribution < 1.29 is 27.2 Å². The number of anilines is 1. The second-order valence-corrected chi connectivity index (χ2v) is 7.75. The first-order chi connectivity index (χ1) is 13.3. The fourth-order valence-corrected chi connectivity index (χ4v) is 2.96. The highest BCUT2D eigenvalue weighted by Gasteiger charge is 2.15. The second-order valence-electron chi connectivity index (χ2n) is 5.74.